The first kappa shape index (κ1) is 32.1. The highest BCUT2D eigenvalue weighted by Crippen LogP contribution is 2.30. The molecule has 0 unspecified atom stereocenters. The molecule has 0 atom stereocenters. The molecule has 0 aliphatic heterocycles. The van der Waals surface area contributed by atoms with Gasteiger partial charge in [-0.25, -0.2) is 22.8 Å². The largest absolute Gasteiger partial charge is 0.744 e. The van der Waals surface area contributed by atoms with Gasteiger partial charge in [0.1, 0.15) is 10.1 Å². The van der Waals surface area contributed by atoms with Gasteiger partial charge in [0.15, 0.2) is 5.78 Å². The predicted octanol–water partition coefficient (Wildman–Crippen LogP) is 4.81. The van der Waals surface area contributed by atoms with E-state index < -0.39 is 38.5 Å². The molecule has 2 aromatic rings. The zero-order valence-corrected chi connectivity index (χ0v) is 24.4. The molecule has 11 heteroatoms. The highest BCUT2D eigenvalue weighted by Gasteiger charge is 2.25. The Kier molecular flexibility index (Phi) is 10.9. The maximum Gasteiger partial charge on any atom is 0.346 e. The van der Waals surface area contributed by atoms with Crippen LogP contribution in [0.3, 0.4) is 0 Å². The van der Waals surface area contributed by atoms with Crippen molar-refractivity contribution in [3.63, 3.8) is 0 Å². The minimum absolute atomic E-state index is 0.0810. The smallest absolute Gasteiger partial charge is 0.346 e. The van der Waals surface area contributed by atoms with Gasteiger partial charge in [-0.1, -0.05) is 26.0 Å². The minimum Gasteiger partial charge on any atom is -0.744 e. The van der Waals surface area contributed by atoms with Crippen molar-refractivity contribution in [3.05, 3.63) is 64.7 Å². The van der Waals surface area contributed by atoms with Gasteiger partial charge in [-0.15, -0.1) is 0 Å². The van der Waals surface area contributed by atoms with E-state index in [1.807, 2.05) is 13.8 Å². The van der Waals surface area contributed by atoms with E-state index in [1.165, 1.54) is 24.3 Å². The third-order valence-corrected chi connectivity index (χ3v) is 7.65. The Bertz CT molecular complexity index is 1390. The van der Waals surface area contributed by atoms with E-state index in [9.17, 15) is 32.1 Å². The third kappa shape index (κ3) is 9.31. The first-order chi connectivity index (χ1) is 19.2. The Morgan fingerprint density at radius 2 is 1.29 bits per heavy atom. The number of hydrogen-bond acceptors (Lipinski definition) is 10. The number of ether oxygens (including phenoxy) is 3. The predicted molar refractivity (Wildman–Crippen MR) is 147 cm³/mol. The average molecular weight is 588 g/mol. The van der Waals surface area contributed by atoms with Crippen LogP contribution in [0.1, 0.15) is 94.8 Å². The van der Waals surface area contributed by atoms with Gasteiger partial charge in [0.2, 0.25) is 0 Å². The van der Waals surface area contributed by atoms with E-state index >= 15 is 0 Å². The van der Waals surface area contributed by atoms with Gasteiger partial charge < -0.3 is 18.8 Å². The summed E-state index contributed by atoms with van der Waals surface area (Å²) in [6.07, 6.45) is 3.68. The Morgan fingerprint density at radius 1 is 0.780 bits per heavy atom. The zero-order chi connectivity index (χ0) is 30.3. The van der Waals surface area contributed by atoms with Crippen LogP contribution >= 0.6 is 0 Å². The van der Waals surface area contributed by atoms with Crippen LogP contribution in [0, 0.1) is 17.8 Å². The Balaban J connectivity index is 1.70. The van der Waals surface area contributed by atoms with Crippen molar-refractivity contribution >= 4 is 33.8 Å². The molecular weight excluding hydrogens is 552 g/mol. The lowest BCUT2D eigenvalue weighted by Gasteiger charge is -2.28. The summed E-state index contributed by atoms with van der Waals surface area (Å²) in [7, 11) is -5.07. The molecule has 222 valence electrons. The molecular formula is C30H35O10S-. The van der Waals surface area contributed by atoms with Gasteiger partial charge in [0, 0.05) is 18.1 Å². The van der Waals surface area contributed by atoms with Crippen molar-refractivity contribution in [2.24, 2.45) is 17.8 Å². The fourth-order valence-electron chi connectivity index (χ4n) is 4.48. The van der Waals surface area contributed by atoms with Crippen molar-refractivity contribution in [3.8, 4) is 0 Å². The summed E-state index contributed by atoms with van der Waals surface area (Å²) in [5, 5.41) is 0. The Hall–Kier alpha value is -3.41. The number of carbonyl (C=O) groups is 4. The van der Waals surface area contributed by atoms with E-state index in [1.54, 1.807) is 13.8 Å². The molecule has 1 aliphatic carbocycles. The molecule has 1 saturated carbocycles. The maximum atomic E-state index is 12.8. The lowest BCUT2D eigenvalue weighted by molar-refractivity contribution is 0.0227. The molecule has 0 spiro atoms. The summed E-state index contributed by atoms with van der Waals surface area (Å²) < 4.78 is 51.2. The minimum atomic E-state index is -5.07. The molecule has 0 heterocycles. The van der Waals surface area contributed by atoms with E-state index in [4.69, 9.17) is 14.2 Å². The SMILES string of the molecule is CC(C)OCC1CCC(COC(=O)c2cc(C(=O)OC(=O)c3cccc(C(=O)C(C)C)c3)cc(S(=O)(=O)[O-])c2)CC1. The van der Waals surface area contributed by atoms with Crippen molar-refractivity contribution in [2.45, 2.75) is 64.4 Å². The van der Waals surface area contributed by atoms with Crippen LogP contribution in [0.25, 0.3) is 0 Å². The summed E-state index contributed by atoms with van der Waals surface area (Å²) in [6.45, 7) is 8.14. The molecule has 1 fully saturated rings. The summed E-state index contributed by atoms with van der Waals surface area (Å²) in [6, 6.07) is 8.17. The molecule has 1 aliphatic rings. The fraction of sp³-hybridized carbons (Fsp3) is 0.467. The van der Waals surface area contributed by atoms with Crippen LogP contribution in [0.4, 0.5) is 0 Å². The van der Waals surface area contributed by atoms with Gasteiger partial charge in [0.05, 0.1) is 34.3 Å². The van der Waals surface area contributed by atoms with Crippen molar-refractivity contribution in [2.75, 3.05) is 13.2 Å². The summed E-state index contributed by atoms with van der Waals surface area (Å²) >= 11 is 0. The number of hydrogen-bond donors (Lipinski definition) is 0. The second-order valence-corrected chi connectivity index (χ2v) is 12.2. The lowest BCUT2D eigenvalue weighted by Crippen LogP contribution is -2.24. The number of rotatable bonds is 11. The second-order valence-electron chi connectivity index (χ2n) is 10.8. The van der Waals surface area contributed by atoms with Gasteiger partial charge in [0.25, 0.3) is 0 Å². The first-order valence-corrected chi connectivity index (χ1v) is 15.0. The van der Waals surface area contributed by atoms with Gasteiger partial charge >= 0.3 is 17.9 Å². The Labute approximate surface area is 240 Å². The van der Waals surface area contributed by atoms with Crippen molar-refractivity contribution < 1.29 is 46.4 Å². The molecule has 10 nitrogen and oxygen atoms in total. The van der Waals surface area contributed by atoms with Crippen LogP contribution in [0.2, 0.25) is 0 Å². The topological polar surface area (TPSA) is 153 Å². The summed E-state index contributed by atoms with van der Waals surface area (Å²) in [5.41, 5.74) is -0.668. The fourth-order valence-corrected chi connectivity index (χ4v) is 5.03. The molecule has 0 amide bonds. The number of esters is 3. The number of Topliss-reactive ketones (excluding diaryl/α,β-unsaturated/α-hetero) is 1. The molecule has 3 rings (SSSR count). The Morgan fingerprint density at radius 3 is 1.85 bits per heavy atom. The van der Waals surface area contributed by atoms with Crippen LogP contribution in [0.15, 0.2) is 47.4 Å². The normalized spacial score (nSPS) is 17.3. The third-order valence-electron chi connectivity index (χ3n) is 6.84. The zero-order valence-electron chi connectivity index (χ0n) is 23.6. The van der Waals surface area contributed by atoms with Crippen LogP contribution in [-0.4, -0.2) is 56.0 Å². The van der Waals surface area contributed by atoms with Gasteiger partial charge in [-0.05, 0) is 81.7 Å². The molecule has 0 radical (unpaired) electrons. The molecule has 0 saturated heterocycles. The summed E-state index contributed by atoms with van der Waals surface area (Å²) in [4.78, 5) is 49.6. The lowest BCUT2D eigenvalue weighted by atomic mass is 9.83. The van der Waals surface area contributed by atoms with Crippen LogP contribution in [0.5, 0.6) is 0 Å². The number of benzene rings is 2. The average Bonchev–Trinajstić information content (AvgIpc) is 2.94. The van der Waals surface area contributed by atoms with Gasteiger partial charge in [-0.2, -0.15) is 0 Å². The van der Waals surface area contributed by atoms with Crippen LogP contribution in [-0.2, 0) is 24.3 Å². The van der Waals surface area contributed by atoms with Gasteiger partial charge in [-0.3, -0.25) is 4.79 Å². The maximum absolute atomic E-state index is 12.8. The van der Waals surface area contributed by atoms with Crippen molar-refractivity contribution in [1.82, 2.24) is 0 Å². The highest BCUT2D eigenvalue weighted by molar-refractivity contribution is 7.85. The quantitative estimate of drug-likeness (QED) is 0.155. The molecule has 0 aromatic heterocycles. The summed E-state index contributed by atoms with van der Waals surface area (Å²) in [5.74, 6) is -3.27. The molecule has 0 bridgehead atoms. The second kappa shape index (κ2) is 14.0. The van der Waals surface area contributed by atoms with E-state index in [2.05, 4.69) is 0 Å². The van der Waals surface area contributed by atoms with E-state index in [-0.39, 0.29) is 47.0 Å². The van der Waals surface area contributed by atoms with Crippen LogP contribution < -0.4 is 0 Å². The first-order valence-electron chi connectivity index (χ1n) is 13.5. The molecule has 0 N–H and O–H groups in total. The monoisotopic (exact) mass is 587 g/mol. The standard InChI is InChI=1S/C30H36O10S/c1-18(2)27(31)22-6-5-7-23(12-22)29(33)40-30(34)25-13-24(14-26(15-25)41(35,36)37)28(32)39-17-21-10-8-20(9-11-21)16-38-19(3)4/h5-7,12-15,18-21H,8-11,16-17H2,1-4H3,(H,35,36,37)/p-1. The highest BCUT2D eigenvalue weighted by atomic mass is 32.2. The number of ketones is 1. The molecule has 41 heavy (non-hydrogen) atoms. The van der Waals surface area contributed by atoms with E-state index in [0.29, 0.717) is 12.5 Å². The van der Waals surface area contributed by atoms with E-state index in [0.717, 1.165) is 43.9 Å². The van der Waals surface area contributed by atoms with Crippen molar-refractivity contribution in [1.29, 1.82) is 0 Å². The number of carbonyl (C=O) groups excluding carboxylic acids is 4. The molecule has 2 aromatic carbocycles.